The highest BCUT2D eigenvalue weighted by molar-refractivity contribution is 7.99. The second kappa shape index (κ2) is 5.21. The van der Waals surface area contributed by atoms with Crippen molar-refractivity contribution >= 4 is 11.8 Å². The molecule has 62 valence electrons. The number of hydrogen-bond acceptors (Lipinski definition) is 4. The van der Waals surface area contributed by atoms with Crippen LogP contribution in [-0.4, -0.2) is 17.3 Å². The molecular weight excluding hydrogens is 160 g/mol. The zero-order valence-electron chi connectivity index (χ0n) is 6.32. The van der Waals surface area contributed by atoms with Crippen LogP contribution in [0.4, 0.5) is 0 Å². The highest BCUT2D eigenvalue weighted by Crippen LogP contribution is 2.15. The van der Waals surface area contributed by atoms with Gasteiger partial charge in [0.05, 0.1) is 6.20 Å². The van der Waals surface area contributed by atoms with E-state index in [-0.39, 0.29) is 0 Å². The third-order valence-corrected chi connectivity index (χ3v) is 2.18. The van der Waals surface area contributed by atoms with Crippen LogP contribution in [0.2, 0.25) is 0 Å². The molecule has 0 aliphatic carbocycles. The van der Waals surface area contributed by atoms with Gasteiger partial charge in [-0.25, -0.2) is 4.98 Å². The average molecular weight is 172 g/mol. The molecule has 0 spiro atoms. The van der Waals surface area contributed by atoms with Crippen LogP contribution in [0.5, 0.6) is 0 Å². The molecule has 1 rings (SSSR count). The fourth-order valence-electron chi connectivity index (χ4n) is 0.688. The molecule has 0 aliphatic heterocycles. The monoisotopic (exact) mass is 172 g/mol. The minimum atomic E-state index is 0.752. The first-order valence-corrected chi connectivity index (χ1v) is 4.64. The third-order valence-electron chi connectivity index (χ3n) is 1.23. The molecular formula is C7H12N2OS. The van der Waals surface area contributed by atoms with Gasteiger partial charge in [-0.05, 0) is 19.4 Å². The van der Waals surface area contributed by atoms with Crippen molar-refractivity contribution in [3.05, 3.63) is 12.5 Å². The number of nitrogens with zero attached hydrogens (tertiary/aromatic N) is 1. The molecule has 0 bridgehead atoms. The standard InChI is InChI=1S/C7H12N2OS/c8-3-1-2-6-11-7-9-4-5-10-7/h4-5H,1-3,6,8H2. The van der Waals surface area contributed by atoms with Gasteiger partial charge in [-0.15, -0.1) is 0 Å². The molecule has 4 heteroatoms. The SMILES string of the molecule is NCCCCSc1ncco1. The zero-order chi connectivity index (χ0) is 7.94. The van der Waals surface area contributed by atoms with Crippen LogP contribution in [0.3, 0.4) is 0 Å². The average Bonchev–Trinajstić information content (AvgIpc) is 2.50. The summed E-state index contributed by atoms with van der Waals surface area (Å²) in [6.07, 6.45) is 5.45. The van der Waals surface area contributed by atoms with Crippen molar-refractivity contribution in [1.82, 2.24) is 4.98 Å². The van der Waals surface area contributed by atoms with Crippen LogP contribution in [0.15, 0.2) is 22.1 Å². The second-order valence-corrected chi connectivity index (χ2v) is 3.19. The summed E-state index contributed by atoms with van der Waals surface area (Å²) in [7, 11) is 0. The number of thioether (sulfide) groups is 1. The van der Waals surface area contributed by atoms with E-state index in [9.17, 15) is 0 Å². The molecule has 2 N–H and O–H groups in total. The Balaban J connectivity index is 2.04. The van der Waals surface area contributed by atoms with E-state index in [2.05, 4.69) is 4.98 Å². The lowest BCUT2D eigenvalue weighted by atomic mass is 10.3. The van der Waals surface area contributed by atoms with E-state index in [0.29, 0.717) is 0 Å². The number of aromatic nitrogens is 1. The van der Waals surface area contributed by atoms with Gasteiger partial charge in [-0.2, -0.15) is 0 Å². The summed E-state index contributed by atoms with van der Waals surface area (Å²) < 4.78 is 5.03. The Morgan fingerprint density at radius 3 is 3.09 bits per heavy atom. The quantitative estimate of drug-likeness (QED) is 0.540. The number of unbranched alkanes of at least 4 members (excludes halogenated alkanes) is 1. The van der Waals surface area contributed by atoms with Crippen LogP contribution in [0.1, 0.15) is 12.8 Å². The molecule has 0 saturated heterocycles. The lowest BCUT2D eigenvalue weighted by Gasteiger charge is -1.94. The van der Waals surface area contributed by atoms with Gasteiger partial charge in [-0.3, -0.25) is 0 Å². The highest BCUT2D eigenvalue weighted by atomic mass is 32.2. The van der Waals surface area contributed by atoms with E-state index in [0.717, 1.165) is 30.4 Å². The fraction of sp³-hybridized carbons (Fsp3) is 0.571. The number of hydrogen-bond donors (Lipinski definition) is 1. The molecule has 0 atom stereocenters. The van der Waals surface area contributed by atoms with Gasteiger partial charge >= 0.3 is 0 Å². The molecule has 0 radical (unpaired) electrons. The predicted octanol–water partition coefficient (Wildman–Crippen LogP) is 1.51. The van der Waals surface area contributed by atoms with E-state index in [1.807, 2.05) is 0 Å². The van der Waals surface area contributed by atoms with Crippen LogP contribution < -0.4 is 5.73 Å². The van der Waals surface area contributed by atoms with Gasteiger partial charge in [0.1, 0.15) is 6.26 Å². The fourth-order valence-corrected chi connectivity index (χ4v) is 1.47. The van der Waals surface area contributed by atoms with Crippen molar-refractivity contribution < 1.29 is 4.42 Å². The van der Waals surface area contributed by atoms with Crippen molar-refractivity contribution in [2.75, 3.05) is 12.3 Å². The Labute approximate surface area is 70.4 Å². The zero-order valence-corrected chi connectivity index (χ0v) is 7.14. The Kier molecular flexibility index (Phi) is 4.08. The van der Waals surface area contributed by atoms with Gasteiger partial charge in [0.2, 0.25) is 0 Å². The Bertz CT molecular complexity index is 177. The molecule has 1 aromatic heterocycles. The summed E-state index contributed by atoms with van der Waals surface area (Å²) in [5.41, 5.74) is 5.34. The molecule has 11 heavy (non-hydrogen) atoms. The van der Waals surface area contributed by atoms with E-state index in [1.165, 1.54) is 0 Å². The molecule has 0 aromatic carbocycles. The predicted molar refractivity (Wildman–Crippen MR) is 45.5 cm³/mol. The van der Waals surface area contributed by atoms with Gasteiger partial charge in [0, 0.05) is 5.75 Å². The lowest BCUT2D eigenvalue weighted by Crippen LogP contribution is -1.98. The van der Waals surface area contributed by atoms with Crippen LogP contribution in [0.25, 0.3) is 0 Å². The van der Waals surface area contributed by atoms with E-state index in [1.54, 1.807) is 24.2 Å². The first kappa shape index (κ1) is 8.62. The second-order valence-electron chi connectivity index (χ2n) is 2.14. The van der Waals surface area contributed by atoms with Crippen molar-refractivity contribution in [3.63, 3.8) is 0 Å². The highest BCUT2D eigenvalue weighted by Gasteiger charge is 1.96. The first-order chi connectivity index (χ1) is 5.43. The maximum absolute atomic E-state index is 5.34. The number of oxazole rings is 1. The molecule has 0 saturated carbocycles. The lowest BCUT2D eigenvalue weighted by molar-refractivity contribution is 0.454. The molecule has 0 unspecified atom stereocenters. The third kappa shape index (κ3) is 3.43. The summed E-state index contributed by atoms with van der Waals surface area (Å²) in [5.74, 6) is 1.04. The van der Waals surface area contributed by atoms with E-state index >= 15 is 0 Å². The Hall–Kier alpha value is -0.480. The maximum atomic E-state index is 5.34. The normalized spacial score (nSPS) is 10.3. The topological polar surface area (TPSA) is 52.0 Å². The Morgan fingerprint density at radius 2 is 2.45 bits per heavy atom. The van der Waals surface area contributed by atoms with Crippen molar-refractivity contribution in [2.45, 2.75) is 18.1 Å². The number of rotatable bonds is 5. The van der Waals surface area contributed by atoms with Crippen LogP contribution in [0, 0.1) is 0 Å². The Morgan fingerprint density at radius 1 is 1.55 bits per heavy atom. The van der Waals surface area contributed by atoms with Crippen LogP contribution >= 0.6 is 11.8 Å². The molecule has 0 fully saturated rings. The minimum absolute atomic E-state index is 0.752. The minimum Gasteiger partial charge on any atom is -0.440 e. The summed E-state index contributed by atoms with van der Waals surface area (Å²) in [6, 6.07) is 0. The summed E-state index contributed by atoms with van der Waals surface area (Å²) >= 11 is 1.63. The molecule has 3 nitrogen and oxygen atoms in total. The van der Waals surface area contributed by atoms with Gasteiger partial charge in [0.15, 0.2) is 0 Å². The summed E-state index contributed by atoms with van der Waals surface area (Å²) in [6.45, 7) is 0.770. The number of nitrogens with two attached hydrogens (primary N) is 1. The van der Waals surface area contributed by atoms with E-state index < -0.39 is 0 Å². The molecule has 0 amide bonds. The van der Waals surface area contributed by atoms with Crippen molar-refractivity contribution in [3.8, 4) is 0 Å². The molecule has 0 aliphatic rings. The van der Waals surface area contributed by atoms with Crippen molar-refractivity contribution in [2.24, 2.45) is 5.73 Å². The summed E-state index contributed by atoms with van der Waals surface area (Å²) in [5, 5.41) is 0.752. The smallest absolute Gasteiger partial charge is 0.255 e. The van der Waals surface area contributed by atoms with Crippen molar-refractivity contribution in [1.29, 1.82) is 0 Å². The van der Waals surface area contributed by atoms with Gasteiger partial charge < -0.3 is 10.2 Å². The maximum Gasteiger partial charge on any atom is 0.255 e. The largest absolute Gasteiger partial charge is 0.440 e. The van der Waals surface area contributed by atoms with E-state index in [4.69, 9.17) is 10.2 Å². The molecule has 1 heterocycles. The first-order valence-electron chi connectivity index (χ1n) is 3.66. The summed E-state index contributed by atoms with van der Waals surface area (Å²) in [4.78, 5) is 3.98. The van der Waals surface area contributed by atoms with Gasteiger partial charge in [-0.1, -0.05) is 11.8 Å². The van der Waals surface area contributed by atoms with Crippen LogP contribution in [-0.2, 0) is 0 Å². The molecule has 1 aromatic rings. The van der Waals surface area contributed by atoms with Gasteiger partial charge in [0.25, 0.3) is 5.22 Å².